The average Bonchev–Trinajstić information content (AvgIpc) is 2.31. The molecule has 1 aliphatic heterocycles. The Labute approximate surface area is 74.0 Å². The molecule has 3 nitrogen and oxygen atoms in total. The van der Waals surface area contributed by atoms with E-state index in [9.17, 15) is 0 Å². The predicted molar refractivity (Wildman–Crippen MR) is 46.2 cm³/mol. The third kappa shape index (κ3) is 2.73. The van der Waals surface area contributed by atoms with E-state index in [4.69, 9.17) is 14.2 Å². The SMILES string of the molecule is COC1COCC1OC(C)(C)C. The number of ether oxygens (including phenoxy) is 3. The van der Waals surface area contributed by atoms with Crippen molar-refractivity contribution in [2.45, 2.75) is 38.6 Å². The van der Waals surface area contributed by atoms with Crippen molar-refractivity contribution in [3.63, 3.8) is 0 Å². The average molecular weight is 174 g/mol. The molecular formula is C9H18O3. The van der Waals surface area contributed by atoms with E-state index in [-0.39, 0.29) is 17.8 Å². The molecule has 1 heterocycles. The van der Waals surface area contributed by atoms with E-state index in [0.717, 1.165) is 0 Å². The van der Waals surface area contributed by atoms with Crippen LogP contribution in [-0.4, -0.2) is 38.1 Å². The van der Waals surface area contributed by atoms with Crippen molar-refractivity contribution in [1.82, 2.24) is 0 Å². The fraction of sp³-hybridized carbons (Fsp3) is 1.00. The first-order valence-corrected chi connectivity index (χ1v) is 4.31. The molecule has 0 spiro atoms. The number of rotatable bonds is 2. The monoisotopic (exact) mass is 174 g/mol. The summed E-state index contributed by atoms with van der Waals surface area (Å²) in [7, 11) is 1.69. The van der Waals surface area contributed by atoms with Gasteiger partial charge in [0.15, 0.2) is 0 Å². The van der Waals surface area contributed by atoms with Crippen LogP contribution in [0, 0.1) is 0 Å². The van der Waals surface area contributed by atoms with Crippen LogP contribution in [-0.2, 0) is 14.2 Å². The minimum atomic E-state index is -0.116. The van der Waals surface area contributed by atoms with Crippen LogP contribution in [0.15, 0.2) is 0 Å². The summed E-state index contributed by atoms with van der Waals surface area (Å²) in [6.45, 7) is 7.42. The van der Waals surface area contributed by atoms with Crippen molar-refractivity contribution in [1.29, 1.82) is 0 Å². The molecule has 2 atom stereocenters. The summed E-state index contributed by atoms with van der Waals surface area (Å²) in [6, 6.07) is 0. The van der Waals surface area contributed by atoms with Crippen molar-refractivity contribution >= 4 is 0 Å². The predicted octanol–water partition coefficient (Wildman–Crippen LogP) is 1.22. The van der Waals surface area contributed by atoms with Crippen molar-refractivity contribution < 1.29 is 14.2 Å². The highest BCUT2D eigenvalue weighted by Gasteiger charge is 2.32. The Morgan fingerprint density at radius 1 is 1.17 bits per heavy atom. The second-order valence-electron chi connectivity index (χ2n) is 4.08. The lowest BCUT2D eigenvalue weighted by Gasteiger charge is -2.26. The van der Waals surface area contributed by atoms with Crippen LogP contribution in [0.3, 0.4) is 0 Å². The molecule has 0 radical (unpaired) electrons. The standard InChI is InChI=1S/C9H18O3/c1-9(2,3)12-8-6-11-5-7(8)10-4/h7-8H,5-6H2,1-4H3. The second kappa shape index (κ2) is 3.73. The van der Waals surface area contributed by atoms with Crippen LogP contribution in [0.5, 0.6) is 0 Å². The van der Waals surface area contributed by atoms with E-state index < -0.39 is 0 Å². The van der Waals surface area contributed by atoms with Gasteiger partial charge in [0.25, 0.3) is 0 Å². The van der Waals surface area contributed by atoms with Crippen LogP contribution >= 0.6 is 0 Å². The molecule has 1 fully saturated rings. The highest BCUT2D eigenvalue weighted by atomic mass is 16.6. The molecule has 1 rings (SSSR count). The fourth-order valence-electron chi connectivity index (χ4n) is 1.30. The summed E-state index contributed by atoms with van der Waals surface area (Å²) in [4.78, 5) is 0. The first kappa shape index (κ1) is 9.96. The largest absolute Gasteiger partial charge is 0.376 e. The Morgan fingerprint density at radius 3 is 2.25 bits per heavy atom. The van der Waals surface area contributed by atoms with Crippen molar-refractivity contribution in [3.8, 4) is 0 Å². The van der Waals surface area contributed by atoms with E-state index in [1.54, 1.807) is 7.11 Å². The van der Waals surface area contributed by atoms with Gasteiger partial charge in [0.2, 0.25) is 0 Å². The third-order valence-corrected chi connectivity index (χ3v) is 1.79. The molecule has 0 aliphatic carbocycles. The van der Waals surface area contributed by atoms with Gasteiger partial charge in [0, 0.05) is 7.11 Å². The summed E-state index contributed by atoms with van der Waals surface area (Å²) in [5, 5.41) is 0. The van der Waals surface area contributed by atoms with Crippen LogP contribution in [0.2, 0.25) is 0 Å². The van der Waals surface area contributed by atoms with Gasteiger partial charge in [0.05, 0.1) is 18.8 Å². The maximum Gasteiger partial charge on any atom is 0.110 e. The molecule has 0 bridgehead atoms. The quantitative estimate of drug-likeness (QED) is 0.630. The molecule has 12 heavy (non-hydrogen) atoms. The van der Waals surface area contributed by atoms with Gasteiger partial charge in [-0.15, -0.1) is 0 Å². The van der Waals surface area contributed by atoms with E-state index in [1.807, 2.05) is 20.8 Å². The molecule has 0 amide bonds. The van der Waals surface area contributed by atoms with Crippen LogP contribution in [0.25, 0.3) is 0 Å². The molecule has 1 saturated heterocycles. The van der Waals surface area contributed by atoms with Crippen LogP contribution in [0.4, 0.5) is 0 Å². The smallest absolute Gasteiger partial charge is 0.110 e. The van der Waals surface area contributed by atoms with E-state index >= 15 is 0 Å². The van der Waals surface area contributed by atoms with Gasteiger partial charge in [0.1, 0.15) is 12.2 Å². The lowest BCUT2D eigenvalue weighted by atomic mass is 10.1. The summed E-state index contributed by atoms with van der Waals surface area (Å²) in [5.74, 6) is 0. The van der Waals surface area contributed by atoms with E-state index in [0.29, 0.717) is 13.2 Å². The van der Waals surface area contributed by atoms with Gasteiger partial charge in [-0.3, -0.25) is 0 Å². The molecule has 0 N–H and O–H groups in total. The first-order valence-electron chi connectivity index (χ1n) is 4.31. The van der Waals surface area contributed by atoms with Gasteiger partial charge < -0.3 is 14.2 Å². The molecule has 0 aromatic heterocycles. The Hall–Kier alpha value is -0.120. The summed E-state index contributed by atoms with van der Waals surface area (Å²) in [5.41, 5.74) is -0.116. The molecular weight excluding hydrogens is 156 g/mol. The van der Waals surface area contributed by atoms with Crippen molar-refractivity contribution in [3.05, 3.63) is 0 Å². The van der Waals surface area contributed by atoms with Gasteiger partial charge in [-0.2, -0.15) is 0 Å². The molecule has 0 aromatic carbocycles. The summed E-state index contributed by atoms with van der Waals surface area (Å²) < 4.78 is 16.2. The zero-order valence-corrected chi connectivity index (χ0v) is 8.29. The van der Waals surface area contributed by atoms with Crippen molar-refractivity contribution in [2.24, 2.45) is 0 Å². The van der Waals surface area contributed by atoms with Gasteiger partial charge >= 0.3 is 0 Å². The lowest BCUT2D eigenvalue weighted by molar-refractivity contribution is -0.101. The molecule has 0 aromatic rings. The lowest BCUT2D eigenvalue weighted by Crippen LogP contribution is -2.36. The van der Waals surface area contributed by atoms with Gasteiger partial charge in [-0.25, -0.2) is 0 Å². The summed E-state index contributed by atoms with van der Waals surface area (Å²) in [6.07, 6.45) is 0.194. The third-order valence-electron chi connectivity index (χ3n) is 1.79. The van der Waals surface area contributed by atoms with Gasteiger partial charge in [-0.1, -0.05) is 0 Å². The maximum absolute atomic E-state index is 5.75. The molecule has 72 valence electrons. The van der Waals surface area contributed by atoms with Crippen LogP contribution in [0.1, 0.15) is 20.8 Å². The second-order valence-corrected chi connectivity index (χ2v) is 4.08. The zero-order chi connectivity index (χ0) is 9.19. The summed E-state index contributed by atoms with van der Waals surface area (Å²) >= 11 is 0. The minimum Gasteiger partial charge on any atom is -0.376 e. The first-order chi connectivity index (χ1) is 5.53. The molecule has 0 saturated carbocycles. The molecule has 2 unspecified atom stereocenters. The Balaban J connectivity index is 2.41. The zero-order valence-electron chi connectivity index (χ0n) is 8.29. The van der Waals surface area contributed by atoms with E-state index in [1.165, 1.54) is 0 Å². The highest BCUT2D eigenvalue weighted by Crippen LogP contribution is 2.19. The normalized spacial score (nSPS) is 31.0. The van der Waals surface area contributed by atoms with Gasteiger partial charge in [-0.05, 0) is 20.8 Å². The maximum atomic E-state index is 5.75. The number of methoxy groups -OCH3 is 1. The highest BCUT2D eigenvalue weighted by molar-refractivity contribution is 4.78. The minimum absolute atomic E-state index is 0.0926. The number of hydrogen-bond acceptors (Lipinski definition) is 3. The Morgan fingerprint density at radius 2 is 1.75 bits per heavy atom. The van der Waals surface area contributed by atoms with E-state index in [2.05, 4.69) is 0 Å². The van der Waals surface area contributed by atoms with Crippen LogP contribution < -0.4 is 0 Å². The number of hydrogen-bond donors (Lipinski definition) is 0. The Bertz CT molecular complexity index is 139. The molecule has 1 aliphatic rings. The van der Waals surface area contributed by atoms with Crippen molar-refractivity contribution in [2.75, 3.05) is 20.3 Å². The molecule has 3 heteroatoms. The Kier molecular flexibility index (Phi) is 3.09. The fourth-order valence-corrected chi connectivity index (χ4v) is 1.30. The topological polar surface area (TPSA) is 27.7 Å².